The Bertz CT molecular complexity index is 733. The fourth-order valence-corrected chi connectivity index (χ4v) is 2.68. The van der Waals surface area contributed by atoms with Crippen LogP contribution in [-0.2, 0) is 9.53 Å². The number of para-hydroxylation sites is 1. The SMILES string of the molecule is CCOC(=O)C(=NNc1ccccc1)N1C(=S)C=C(C)NN(C)C1=S. The Balaban J connectivity index is 2.41. The average molecular weight is 377 g/mol. The number of benzene rings is 1. The molecule has 25 heavy (non-hydrogen) atoms. The minimum atomic E-state index is -0.628. The van der Waals surface area contributed by atoms with Crippen LogP contribution >= 0.6 is 24.4 Å². The predicted molar refractivity (Wildman–Crippen MR) is 106 cm³/mol. The molecule has 0 saturated carbocycles. The van der Waals surface area contributed by atoms with Crippen molar-refractivity contribution in [2.45, 2.75) is 13.8 Å². The molecule has 0 radical (unpaired) electrons. The molecule has 9 heteroatoms. The molecule has 1 aliphatic rings. The van der Waals surface area contributed by atoms with Gasteiger partial charge in [-0.25, -0.2) is 4.79 Å². The predicted octanol–water partition coefficient (Wildman–Crippen LogP) is 2.24. The number of amidine groups is 1. The fourth-order valence-electron chi connectivity index (χ4n) is 2.05. The van der Waals surface area contributed by atoms with Gasteiger partial charge in [-0.05, 0) is 44.3 Å². The van der Waals surface area contributed by atoms with Crippen molar-refractivity contribution in [3.63, 3.8) is 0 Å². The molecular weight excluding hydrogens is 358 g/mol. The lowest BCUT2D eigenvalue weighted by molar-refractivity contribution is -0.135. The second-order valence-electron chi connectivity index (χ2n) is 5.09. The summed E-state index contributed by atoms with van der Waals surface area (Å²) in [6, 6.07) is 9.24. The number of nitrogens with zero attached hydrogens (tertiary/aromatic N) is 3. The monoisotopic (exact) mass is 377 g/mol. The number of allylic oxidation sites excluding steroid dienone is 1. The summed E-state index contributed by atoms with van der Waals surface area (Å²) < 4.78 is 5.11. The standard InChI is InChI=1S/C16H19N5O2S2/c1-4-23-15(22)14(18-17-12-8-6-5-7-9-12)21-13(24)10-11(2)19-20(3)16(21)25/h5-10,17,19H,4H2,1-3H3. The molecule has 2 rings (SSSR count). The van der Waals surface area contributed by atoms with Crippen LogP contribution in [0.4, 0.5) is 5.69 Å². The van der Waals surface area contributed by atoms with E-state index in [0.717, 1.165) is 5.70 Å². The van der Waals surface area contributed by atoms with Gasteiger partial charge in [0.25, 0.3) is 0 Å². The zero-order valence-corrected chi connectivity index (χ0v) is 15.8. The summed E-state index contributed by atoms with van der Waals surface area (Å²) in [5.74, 6) is -0.669. The Hall–Kier alpha value is -2.52. The molecule has 7 nitrogen and oxygen atoms in total. The Morgan fingerprint density at radius 3 is 2.64 bits per heavy atom. The van der Waals surface area contributed by atoms with Crippen LogP contribution in [0.5, 0.6) is 0 Å². The molecule has 0 unspecified atom stereocenters. The lowest BCUT2D eigenvalue weighted by Crippen LogP contribution is -2.51. The van der Waals surface area contributed by atoms with Gasteiger partial charge in [-0.1, -0.05) is 30.4 Å². The molecule has 132 valence electrons. The summed E-state index contributed by atoms with van der Waals surface area (Å²) in [5.41, 5.74) is 7.39. The maximum Gasteiger partial charge on any atom is 0.376 e. The van der Waals surface area contributed by atoms with Gasteiger partial charge in [-0.2, -0.15) is 0 Å². The maximum atomic E-state index is 12.4. The number of esters is 1. The zero-order chi connectivity index (χ0) is 18.4. The van der Waals surface area contributed by atoms with Gasteiger partial charge in [0.2, 0.25) is 10.9 Å². The molecule has 0 bridgehead atoms. The number of carbonyl (C=O) groups is 1. The summed E-state index contributed by atoms with van der Waals surface area (Å²) in [7, 11) is 1.73. The second kappa shape index (κ2) is 8.54. The van der Waals surface area contributed by atoms with E-state index in [1.165, 1.54) is 4.90 Å². The number of carbonyl (C=O) groups excluding carboxylic acids is 1. The Labute approximate surface area is 157 Å². The summed E-state index contributed by atoms with van der Waals surface area (Å²) in [6.45, 7) is 3.77. The van der Waals surface area contributed by atoms with Gasteiger partial charge in [-0.3, -0.25) is 15.3 Å². The molecule has 1 aromatic carbocycles. The van der Waals surface area contributed by atoms with Crippen molar-refractivity contribution in [2.75, 3.05) is 19.1 Å². The number of thiocarbonyl (C=S) groups is 2. The van der Waals surface area contributed by atoms with Crippen LogP contribution in [0.15, 0.2) is 47.2 Å². The van der Waals surface area contributed by atoms with Crippen LogP contribution in [0.1, 0.15) is 13.8 Å². The van der Waals surface area contributed by atoms with Crippen LogP contribution in [0.3, 0.4) is 0 Å². The number of anilines is 1. The van der Waals surface area contributed by atoms with Gasteiger partial charge in [0.05, 0.1) is 12.3 Å². The number of nitrogens with one attached hydrogen (secondary N) is 2. The van der Waals surface area contributed by atoms with Gasteiger partial charge >= 0.3 is 5.97 Å². The van der Waals surface area contributed by atoms with Crippen LogP contribution in [0.25, 0.3) is 0 Å². The van der Waals surface area contributed by atoms with Crippen molar-refractivity contribution >= 4 is 52.0 Å². The zero-order valence-electron chi connectivity index (χ0n) is 14.1. The molecule has 0 fully saturated rings. The second-order valence-corrected chi connectivity index (χ2v) is 5.87. The van der Waals surface area contributed by atoms with Gasteiger partial charge in [0, 0.05) is 12.7 Å². The molecule has 0 spiro atoms. The van der Waals surface area contributed by atoms with Crippen LogP contribution in [0, 0.1) is 0 Å². The molecule has 0 aromatic heterocycles. The highest BCUT2D eigenvalue weighted by molar-refractivity contribution is 7.82. The number of hydrazine groups is 1. The highest BCUT2D eigenvalue weighted by Crippen LogP contribution is 2.11. The van der Waals surface area contributed by atoms with Crippen LogP contribution < -0.4 is 10.9 Å². The molecule has 0 aliphatic carbocycles. The first-order chi connectivity index (χ1) is 11.9. The fraction of sp³-hybridized carbons (Fsp3) is 0.250. The molecule has 1 aliphatic heterocycles. The van der Waals surface area contributed by atoms with E-state index in [1.54, 1.807) is 25.1 Å². The van der Waals surface area contributed by atoms with E-state index in [4.69, 9.17) is 29.2 Å². The summed E-state index contributed by atoms with van der Waals surface area (Å²) in [4.78, 5) is 14.2. The van der Waals surface area contributed by atoms with E-state index in [0.29, 0.717) is 10.7 Å². The molecule has 0 saturated heterocycles. The lowest BCUT2D eigenvalue weighted by atomic mass is 10.3. The molecule has 2 N–H and O–H groups in total. The molecule has 1 aromatic rings. The first kappa shape index (κ1) is 18.8. The number of hydrogen-bond donors (Lipinski definition) is 2. The largest absolute Gasteiger partial charge is 0.460 e. The Kier molecular flexibility index (Phi) is 6.43. The van der Waals surface area contributed by atoms with E-state index in [1.807, 2.05) is 37.3 Å². The molecular formula is C16H19N5O2S2. The number of hydrazone groups is 1. The van der Waals surface area contributed by atoms with E-state index < -0.39 is 5.97 Å². The normalized spacial score (nSPS) is 15.3. The van der Waals surface area contributed by atoms with Crippen molar-refractivity contribution in [1.82, 2.24) is 15.3 Å². The van der Waals surface area contributed by atoms with Crippen LogP contribution in [0.2, 0.25) is 0 Å². The van der Waals surface area contributed by atoms with Crippen molar-refractivity contribution in [1.29, 1.82) is 0 Å². The van der Waals surface area contributed by atoms with Gasteiger partial charge in [0.15, 0.2) is 0 Å². The number of rotatable bonds is 3. The number of hydrogen-bond acceptors (Lipinski definition) is 7. The van der Waals surface area contributed by atoms with E-state index in [-0.39, 0.29) is 17.6 Å². The first-order valence-electron chi connectivity index (χ1n) is 7.56. The highest BCUT2D eigenvalue weighted by atomic mass is 32.1. The Morgan fingerprint density at radius 1 is 1.32 bits per heavy atom. The molecule has 1 heterocycles. The van der Waals surface area contributed by atoms with Gasteiger partial charge in [-0.15, -0.1) is 5.10 Å². The third-order valence-electron chi connectivity index (χ3n) is 3.12. The average Bonchev–Trinajstić information content (AvgIpc) is 2.66. The van der Waals surface area contributed by atoms with E-state index in [2.05, 4.69) is 16.0 Å². The maximum absolute atomic E-state index is 12.4. The summed E-state index contributed by atoms with van der Waals surface area (Å²) in [5, 5.41) is 6.06. The minimum Gasteiger partial charge on any atom is -0.460 e. The summed E-state index contributed by atoms with van der Waals surface area (Å²) >= 11 is 10.8. The van der Waals surface area contributed by atoms with Crippen molar-refractivity contribution in [3.8, 4) is 0 Å². The van der Waals surface area contributed by atoms with E-state index in [9.17, 15) is 4.79 Å². The minimum absolute atomic E-state index is 0.0414. The van der Waals surface area contributed by atoms with E-state index >= 15 is 0 Å². The first-order valence-corrected chi connectivity index (χ1v) is 8.38. The smallest absolute Gasteiger partial charge is 0.376 e. The highest BCUT2D eigenvalue weighted by Gasteiger charge is 2.31. The molecule has 0 atom stereocenters. The third kappa shape index (κ3) is 4.74. The quantitative estimate of drug-likeness (QED) is 0.273. The van der Waals surface area contributed by atoms with Gasteiger partial charge in [0.1, 0.15) is 4.99 Å². The molecule has 0 amide bonds. The van der Waals surface area contributed by atoms with Crippen molar-refractivity contribution in [3.05, 3.63) is 42.1 Å². The van der Waals surface area contributed by atoms with Crippen LogP contribution in [-0.4, -0.2) is 45.5 Å². The van der Waals surface area contributed by atoms with Crippen molar-refractivity contribution < 1.29 is 9.53 Å². The summed E-state index contributed by atoms with van der Waals surface area (Å²) in [6.07, 6.45) is 1.70. The third-order valence-corrected chi connectivity index (χ3v) is 3.87. The topological polar surface area (TPSA) is 69.2 Å². The van der Waals surface area contributed by atoms with Crippen molar-refractivity contribution in [2.24, 2.45) is 5.10 Å². The number of ether oxygens (including phenoxy) is 1. The Morgan fingerprint density at radius 2 is 2.00 bits per heavy atom. The lowest BCUT2D eigenvalue weighted by Gasteiger charge is -2.28. The van der Waals surface area contributed by atoms with Gasteiger partial charge < -0.3 is 10.2 Å².